The van der Waals surface area contributed by atoms with E-state index in [1.165, 1.54) is 0 Å². The first-order valence-corrected chi connectivity index (χ1v) is 9.13. The van der Waals surface area contributed by atoms with Crippen molar-refractivity contribution in [1.29, 1.82) is 0 Å². The Morgan fingerprint density at radius 3 is 2.42 bits per heavy atom. The third-order valence-corrected chi connectivity index (χ3v) is 4.60. The van der Waals surface area contributed by atoms with Crippen LogP contribution in [-0.4, -0.2) is 35.1 Å². The quantitative estimate of drug-likeness (QED) is 0.555. The number of nitrogens with one attached hydrogen (secondary N) is 2. The normalized spacial score (nSPS) is 13.2. The molecule has 1 heterocycles. The lowest BCUT2D eigenvalue weighted by Gasteiger charge is -2.21. The molecule has 2 N–H and O–H groups in total. The summed E-state index contributed by atoms with van der Waals surface area (Å²) in [5, 5.41) is 5.41. The lowest BCUT2D eigenvalue weighted by Crippen LogP contribution is -2.48. The van der Waals surface area contributed by atoms with Gasteiger partial charge in [-0.05, 0) is 13.0 Å². The average molecular weight is 412 g/mol. The summed E-state index contributed by atoms with van der Waals surface area (Å²) in [6, 6.07) is 0.124. The van der Waals surface area contributed by atoms with Gasteiger partial charge in [-0.15, -0.1) is 11.8 Å². The van der Waals surface area contributed by atoms with Gasteiger partial charge < -0.3 is 10.6 Å². The summed E-state index contributed by atoms with van der Waals surface area (Å²) in [4.78, 5) is 27.5. The van der Waals surface area contributed by atoms with Crippen molar-refractivity contribution in [3.05, 3.63) is 22.8 Å². The minimum absolute atomic E-state index is 0.0954. The molecule has 1 aromatic heterocycles. The smallest absolute Gasteiger partial charge is 0.353 e. The van der Waals surface area contributed by atoms with Gasteiger partial charge in [0.25, 0.3) is 0 Å². The van der Waals surface area contributed by atoms with Crippen LogP contribution in [0, 0.1) is 5.41 Å². The largest absolute Gasteiger partial charge is 0.417 e. The number of carbonyl (C=O) groups excluding carboxylic acids is 2. The van der Waals surface area contributed by atoms with Crippen molar-refractivity contribution >= 4 is 35.2 Å². The molecule has 0 saturated heterocycles. The van der Waals surface area contributed by atoms with Crippen molar-refractivity contribution in [2.24, 2.45) is 5.41 Å². The van der Waals surface area contributed by atoms with E-state index >= 15 is 0 Å². The van der Waals surface area contributed by atoms with Crippen LogP contribution in [0.3, 0.4) is 0 Å². The standard InChI is InChI=1S/C16H21ClF3N3O2S/c1-9(23-14(25)15(2,3)4)12(24)21-5-6-26-13-11(17)7-10(8-22-13)16(18,19)20/h7-9H,5-6H2,1-4H3,(H,21,24)(H,23,25)/t9-/m1/s1. The number of hydrogen-bond acceptors (Lipinski definition) is 4. The van der Waals surface area contributed by atoms with Crippen LogP contribution in [0.5, 0.6) is 0 Å². The summed E-state index contributed by atoms with van der Waals surface area (Å²) < 4.78 is 37.7. The van der Waals surface area contributed by atoms with E-state index in [0.29, 0.717) is 5.75 Å². The Kier molecular flexibility index (Phi) is 7.76. The molecular weight excluding hydrogens is 391 g/mol. The molecule has 0 aliphatic heterocycles. The molecule has 0 radical (unpaired) electrons. The maximum Gasteiger partial charge on any atom is 0.417 e. The lowest BCUT2D eigenvalue weighted by atomic mass is 9.95. The van der Waals surface area contributed by atoms with E-state index in [1.807, 2.05) is 0 Å². The zero-order valence-corrected chi connectivity index (χ0v) is 16.4. The molecule has 0 bridgehead atoms. The molecule has 0 unspecified atom stereocenters. The van der Waals surface area contributed by atoms with E-state index in [4.69, 9.17) is 11.6 Å². The van der Waals surface area contributed by atoms with Gasteiger partial charge in [-0.25, -0.2) is 4.98 Å². The highest BCUT2D eigenvalue weighted by Gasteiger charge is 2.31. The maximum absolute atomic E-state index is 12.6. The van der Waals surface area contributed by atoms with E-state index < -0.39 is 23.2 Å². The fourth-order valence-corrected chi connectivity index (χ4v) is 2.69. The minimum atomic E-state index is -4.50. The van der Waals surface area contributed by atoms with Gasteiger partial charge in [-0.2, -0.15) is 13.2 Å². The third-order valence-electron chi connectivity index (χ3n) is 3.20. The van der Waals surface area contributed by atoms with Gasteiger partial charge in [-0.1, -0.05) is 32.4 Å². The van der Waals surface area contributed by atoms with Crippen LogP contribution < -0.4 is 10.6 Å². The van der Waals surface area contributed by atoms with Gasteiger partial charge in [0.05, 0.1) is 10.6 Å². The molecule has 0 aliphatic rings. The van der Waals surface area contributed by atoms with Crippen molar-refractivity contribution in [2.75, 3.05) is 12.3 Å². The Morgan fingerprint density at radius 2 is 1.92 bits per heavy atom. The number of halogens is 4. The fourth-order valence-electron chi connectivity index (χ4n) is 1.64. The maximum atomic E-state index is 12.6. The fraction of sp³-hybridized carbons (Fsp3) is 0.562. The Bertz CT molecular complexity index is 663. The van der Waals surface area contributed by atoms with Gasteiger partial charge in [0, 0.05) is 23.9 Å². The summed E-state index contributed by atoms with van der Waals surface area (Å²) >= 11 is 6.93. The number of thioether (sulfide) groups is 1. The number of carbonyl (C=O) groups is 2. The predicted molar refractivity (Wildman–Crippen MR) is 95.0 cm³/mol. The van der Waals surface area contributed by atoms with Crippen molar-refractivity contribution in [2.45, 2.75) is 44.9 Å². The predicted octanol–water partition coefficient (Wildman–Crippen LogP) is 3.51. The van der Waals surface area contributed by atoms with Crippen LogP contribution in [-0.2, 0) is 15.8 Å². The van der Waals surface area contributed by atoms with Crippen LogP contribution in [0.2, 0.25) is 5.02 Å². The molecule has 146 valence electrons. The SMILES string of the molecule is C[C@@H](NC(=O)C(C)(C)C)C(=O)NCCSc1ncc(C(F)(F)F)cc1Cl. The molecule has 0 fully saturated rings. The molecule has 1 atom stereocenters. The average Bonchev–Trinajstić information content (AvgIpc) is 2.50. The van der Waals surface area contributed by atoms with Gasteiger partial charge in [0.2, 0.25) is 11.8 Å². The highest BCUT2D eigenvalue weighted by molar-refractivity contribution is 7.99. The van der Waals surface area contributed by atoms with Gasteiger partial charge >= 0.3 is 6.18 Å². The second-order valence-corrected chi connectivity index (χ2v) is 8.08. The van der Waals surface area contributed by atoms with Crippen molar-refractivity contribution < 1.29 is 22.8 Å². The molecule has 0 saturated carbocycles. The Morgan fingerprint density at radius 1 is 1.31 bits per heavy atom. The Balaban J connectivity index is 2.45. The Hall–Kier alpha value is -1.48. The first kappa shape index (κ1) is 22.6. The van der Waals surface area contributed by atoms with E-state index in [0.717, 1.165) is 24.0 Å². The van der Waals surface area contributed by atoms with Crippen LogP contribution in [0.1, 0.15) is 33.3 Å². The van der Waals surface area contributed by atoms with Crippen LogP contribution in [0.4, 0.5) is 13.2 Å². The first-order valence-electron chi connectivity index (χ1n) is 7.76. The molecule has 0 aromatic carbocycles. The zero-order valence-electron chi connectivity index (χ0n) is 14.8. The topological polar surface area (TPSA) is 71.1 Å². The second-order valence-electron chi connectivity index (χ2n) is 6.59. The van der Waals surface area contributed by atoms with Gasteiger partial charge in [0.15, 0.2) is 0 Å². The summed E-state index contributed by atoms with van der Waals surface area (Å²) in [6.07, 6.45) is -3.78. The van der Waals surface area contributed by atoms with Crippen LogP contribution in [0.15, 0.2) is 17.3 Å². The molecule has 0 aliphatic carbocycles. The van der Waals surface area contributed by atoms with E-state index in [2.05, 4.69) is 15.6 Å². The third kappa shape index (κ3) is 7.03. The van der Waals surface area contributed by atoms with Crippen LogP contribution >= 0.6 is 23.4 Å². The molecule has 5 nitrogen and oxygen atoms in total. The minimum Gasteiger partial charge on any atom is -0.353 e. The van der Waals surface area contributed by atoms with E-state index in [1.54, 1.807) is 27.7 Å². The summed E-state index contributed by atoms with van der Waals surface area (Å²) in [5.74, 6) is -0.228. The monoisotopic (exact) mass is 411 g/mol. The van der Waals surface area contributed by atoms with E-state index in [9.17, 15) is 22.8 Å². The van der Waals surface area contributed by atoms with E-state index in [-0.39, 0.29) is 28.4 Å². The number of nitrogens with zero attached hydrogens (tertiary/aromatic N) is 1. The number of alkyl halides is 3. The second kappa shape index (κ2) is 8.94. The number of pyridine rings is 1. The molecule has 10 heteroatoms. The van der Waals surface area contributed by atoms with Gasteiger partial charge in [-0.3, -0.25) is 9.59 Å². The van der Waals surface area contributed by atoms with Crippen molar-refractivity contribution in [1.82, 2.24) is 15.6 Å². The molecule has 0 spiro atoms. The summed E-state index contributed by atoms with van der Waals surface area (Å²) in [6.45, 7) is 7.04. The molecule has 1 rings (SSSR count). The molecule has 2 amide bonds. The van der Waals surface area contributed by atoms with Gasteiger partial charge in [0.1, 0.15) is 11.1 Å². The Labute approximate surface area is 159 Å². The molecule has 26 heavy (non-hydrogen) atoms. The molecule has 1 aromatic rings. The lowest BCUT2D eigenvalue weighted by molar-refractivity contribution is -0.137. The molecular formula is C16H21ClF3N3O2S. The van der Waals surface area contributed by atoms with Crippen molar-refractivity contribution in [3.8, 4) is 0 Å². The number of aromatic nitrogens is 1. The van der Waals surface area contributed by atoms with Crippen molar-refractivity contribution in [3.63, 3.8) is 0 Å². The first-order chi connectivity index (χ1) is 11.8. The van der Waals surface area contributed by atoms with Crippen LogP contribution in [0.25, 0.3) is 0 Å². The highest BCUT2D eigenvalue weighted by Crippen LogP contribution is 2.33. The zero-order chi connectivity index (χ0) is 20.1. The number of hydrogen-bond donors (Lipinski definition) is 2. The summed E-state index contributed by atoms with van der Waals surface area (Å²) in [7, 11) is 0. The number of amides is 2. The summed E-state index contributed by atoms with van der Waals surface area (Å²) in [5.41, 5.74) is -1.52. The highest BCUT2D eigenvalue weighted by atomic mass is 35.5. The number of rotatable bonds is 6.